The smallest absolute Gasteiger partial charge is 0.255 e. The van der Waals surface area contributed by atoms with Gasteiger partial charge in [0, 0.05) is 36.4 Å². The lowest BCUT2D eigenvalue weighted by Crippen LogP contribution is -2.28. The van der Waals surface area contributed by atoms with Gasteiger partial charge in [-0.05, 0) is 48.5 Å². The summed E-state index contributed by atoms with van der Waals surface area (Å²) in [6.07, 6.45) is 3.44. The highest BCUT2D eigenvalue weighted by molar-refractivity contribution is 6.20. The number of amides is 4. The summed E-state index contributed by atoms with van der Waals surface area (Å²) >= 11 is 0. The predicted molar refractivity (Wildman–Crippen MR) is 115 cm³/mol. The third-order valence-corrected chi connectivity index (χ3v) is 4.81. The van der Waals surface area contributed by atoms with Gasteiger partial charge in [-0.3, -0.25) is 29.1 Å². The van der Waals surface area contributed by atoms with Crippen LogP contribution in [-0.4, -0.2) is 28.6 Å². The number of para-hydroxylation sites is 2. The average Bonchev–Trinajstić information content (AvgIpc) is 3.13. The molecule has 3 aromatic rings. The van der Waals surface area contributed by atoms with E-state index in [0.29, 0.717) is 28.2 Å². The number of anilines is 3. The van der Waals surface area contributed by atoms with Crippen LogP contribution in [0.1, 0.15) is 33.6 Å². The maximum Gasteiger partial charge on any atom is 0.255 e. The molecule has 1 aliphatic rings. The third-order valence-electron chi connectivity index (χ3n) is 4.81. The molecule has 31 heavy (non-hydrogen) atoms. The number of nitrogens with zero attached hydrogens (tertiary/aromatic N) is 2. The van der Waals surface area contributed by atoms with E-state index in [2.05, 4.69) is 15.6 Å². The van der Waals surface area contributed by atoms with E-state index < -0.39 is 5.91 Å². The maximum atomic E-state index is 12.7. The molecule has 1 aromatic heterocycles. The summed E-state index contributed by atoms with van der Waals surface area (Å²) in [5, 5.41) is 5.55. The SMILES string of the molecule is O=C(Nc1ccccc1NC(=O)c1ccc(N2C(=O)CCC2=O)cc1)c1ccncc1. The van der Waals surface area contributed by atoms with Crippen molar-refractivity contribution in [3.05, 3.63) is 84.2 Å². The minimum atomic E-state index is -0.392. The first-order valence-electron chi connectivity index (χ1n) is 9.60. The highest BCUT2D eigenvalue weighted by atomic mass is 16.2. The summed E-state index contributed by atoms with van der Waals surface area (Å²) in [4.78, 5) is 53.9. The van der Waals surface area contributed by atoms with Crippen molar-refractivity contribution in [2.24, 2.45) is 0 Å². The first-order chi connectivity index (χ1) is 15.0. The lowest BCUT2D eigenvalue weighted by atomic mass is 10.1. The van der Waals surface area contributed by atoms with Gasteiger partial charge in [-0.25, -0.2) is 0 Å². The number of carbonyl (C=O) groups is 4. The Kier molecular flexibility index (Phi) is 5.53. The van der Waals surface area contributed by atoms with E-state index in [9.17, 15) is 19.2 Å². The Hall–Kier alpha value is -4.33. The molecule has 1 saturated heterocycles. The van der Waals surface area contributed by atoms with Crippen LogP contribution in [0.25, 0.3) is 0 Å². The van der Waals surface area contributed by atoms with Gasteiger partial charge in [0.25, 0.3) is 11.8 Å². The summed E-state index contributed by atoms with van der Waals surface area (Å²) < 4.78 is 0. The number of imide groups is 1. The number of aromatic nitrogens is 1. The van der Waals surface area contributed by atoms with Crippen LogP contribution in [0, 0.1) is 0 Å². The molecular formula is C23H18N4O4. The Morgan fingerprint density at radius 1 is 0.710 bits per heavy atom. The van der Waals surface area contributed by atoms with Gasteiger partial charge in [0.15, 0.2) is 0 Å². The van der Waals surface area contributed by atoms with Crippen molar-refractivity contribution in [2.75, 3.05) is 15.5 Å². The molecule has 0 saturated carbocycles. The van der Waals surface area contributed by atoms with Gasteiger partial charge in [0.1, 0.15) is 0 Å². The van der Waals surface area contributed by atoms with Crippen LogP contribution in [0.2, 0.25) is 0 Å². The molecule has 2 heterocycles. The number of carbonyl (C=O) groups excluding carboxylic acids is 4. The molecule has 2 aromatic carbocycles. The van der Waals surface area contributed by atoms with Crippen molar-refractivity contribution >= 4 is 40.7 Å². The van der Waals surface area contributed by atoms with Crippen molar-refractivity contribution < 1.29 is 19.2 Å². The van der Waals surface area contributed by atoms with Crippen LogP contribution in [0.15, 0.2) is 73.1 Å². The molecule has 154 valence electrons. The van der Waals surface area contributed by atoms with Crippen molar-refractivity contribution in [3.63, 3.8) is 0 Å². The fourth-order valence-corrected chi connectivity index (χ4v) is 3.22. The zero-order chi connectivity index (χ0) is 21.8. The number of pyridine rings is 1. The van der Waals surface area contributed by atoms with Crippen molar-refractivity contribution in [3.8, 4) is 0 Å². The second-order valence-electron chi connectivity index (χ2n) is 6.86. The molecule has 0 aliphatic carbocycles. The van der Waals surface area contributed by atoms with E-state index in [1.165, 1.54) is 12.4 Å². The Bertz CT molecular complexity index is 1140. The third kappa shape index (κ3) is 4.32. The molecule has 2 N–H and O–H groups in total. The second kappa shape index (κ2) is 8.58. The van der Waals surface area contributed by atoms with Gasteiger partial charge < -0.3 is 10.6 Å². The number of hydrogen-bond acceptors (Lipinski definition) is 5. The minimum Gasteiger partial charge on any atom is -0.320 e. The fourth-order valence-electron chi connectivity index (χ4n) is 3.22. The van der Waals surface area contributed by atoms with Crippen LogP contribution in [0.3, 0.4) is 0 Å². The summed E-state index contributed by atoms with van der Waals surface area (Å²) in [7, 11) is 0. The molecule has 0 radical (unpaired) electrons. The van der Waals surface area contributed by atoms with E-state index in [1.807, 2.05) is 0 Å². The monoisotopic (exact) mass is 414 g/mol. The molecule has 8 heteroatoms. The van der Waals surface area contributed by atoms with E-state index in [1.54, 1.807) is 60.7 Å². The number of hydrogen-bond donors (Lipinski definition) is 2. The zero-order valence-electron chi connectivity index (χ0n) is 16.4. The quantitative estimate of drug-likeness (QED) is 0.623. The van der Waals surface area contributed by atoms with Gasteiger partial charge in [0.2, 0.25) is 11.8 Å². The molecule has 0 atom stereocenters. The largest absolute Gasteiger partial charge is 0.320 e. The van der Waals surface area contributed by atoms with Crippen molar-refractivity contribution in [2.45, 2.75) is 12.8 Å². The standard InChI is InChI=1S/C23H18N4O4/c28-20-9-10-21(29)27(20)17-7-5-15(6-8-17)22(30)25-18-3-1-2-4-19(18)26-23(31)16-11-13-24-14-12-16/h1-8,11-14H,9-10H2,(H,25,30)(H,26,31). The predicted octanol–water partition coefficient (Wildman–Crippen LogP) is 3.24. The van der Waals surface area contributed by atoms with E-state index in [0.717, 1.165) is 4.90 Å². The summed E-state index contributed by atoms with van der Waals surface area (Å²) in [5.74, 6) is -1.22. The Morgan fingerprint density at radius 2 is 1.19 bits per heavy atom. The maximum absolute atomic E-state index is 12.7. The molecule has 4 rings (SSSR count). The first kappa shape index (κ1) is 20.0. The van der Waals surface area contributed by atoms with Gasteiger partial charge in [-0.1, -0.05) is 12.1 Å². The average molecular weight is 414 g/mol. The van der Waals surface area contributed by atoms with Crippen LogP contribution < -0.4 is 15.5 Å². The van der Waals surface area contributed by atoms with Gasteiger partial charge in [-0.2, -0.15) is 0 Å². The molecular weight excluding hydrogens is 396 g/mol. The van der Waals surface area contributed by atoms with Gasteiger partial charge in [0.05, 0.1) is 17.1 Å². The molecule has 1 fully saturated rings. The fraction of sp³-hybridized carbons (Fsp3) is 0.0870. The summed E-state index contributed by atoms with van der Waals surface area (Å²) in [6, 6.07) is 16.2. The van der Waals surface area contributed by atoms with Crippen molar-refractivity contribution in [1.82, 2.24) is 4.98 Å². The highest BCUT2D eigenvalue weighted by Gasteiger charge is 2.30. The topological polar surface area (TPSA) is 108 Å². The molecule has 0 bridgehead atoms. The van der Waals surface area contributed by atoms with E-state index in [-0.39, 0.29) is 30.6 Å². The Morgan fingerprint density at radius 3 is 1.71 bits per heavy atom. The normalized spacial score (nSPS) is 13.2. The van der Waals surface area contributed by atoms with E-state index >= 15 is 0 Å². The minimum absolute atomic E-state index is 0.197. The molecule has 8 nitrogen and oxygen atoms in total. The lowest BCUT2D eigenvalue weighted by Gasteiger charge is -2.15. The Balaban J connectivity index is 1.48. The highest BCUT2D eigenvalue weighted by Crippen LogP contribution is 2.25. The van der Waals surface area contributed by atoms with E-state index in [4.69, 9.17) is 0 Å². The first-order valence-corrected chi connectivity index (χ1v) is 9.60. The summed E-state index contributed by atoms with van der Waals surface area (Å²) in [6.45, 7) is 0. The second-order valence-corrected chi connectivity index (χ2v) is 6.86. The summed E-state index contributed by atoms with van der Waals surface area (Å²) in [5.41, 5.74) is 2.11. The van der Waals surface area contributed by atoms with Crippen LogP contribution in [0.5, 0.6) is 0 Å². The number of nitrogens with one attached hydrogen (secondary N) is 2. The van der Waals surface area contributed by atoms with Crippen LogP contribution >= 0.6 is 0 Å². The van der Waals surface area contributed by atoms with Gasteiger partial charge in [-0.15, -0.1) is 0 Å². The van der Waals surface area contributed by atoms with Gasteiger partial charge >= 0.3 is 0 Å². The zero-order valence-corrected chi connectivity index (χ0v) is 16.4. The van der Waals surface area contributed by atoms with Crippen molar-refractivity contribution in [1.29, 1.82) is 0 Å². The number of rotatable bonds is 5. The molecule has 0 unspecified atom stereocenters. The number of benzene rings is 2. The molecule has 1 aliphatic heterocycles. The van der Waals surface area contributed by atoms with Crippen LogP contribution in [0.4, 0.5) is 17.1 Å². The molecule has 0 spiro atoms. The Labute approximate surface area is 177 Å². The van der Waals surface area contributed by atoms with Crippen LogP contribution in [-0.2, 0) is 9.59 Å². The lowest BCUT2D eigenvalue weighted by molar-refractivity contribution is -0.121. The molecule has 4 amide bonds.